The Morgan fingerprint density at radius 3 is 2.64 bits per heavy atom. The Morgan fingerprint density at radius 1 is 1.55 bits per heavy atom. The van der Waals surface area contributed by atoms with E-state index < -0.39 is 0 Å². The van der Waals surface area contributed by atoms with Gasteiger partial charge in [-0.25, -0.2) is 0 Å². The zero-order chi connectivity index (χ0) is 8.10. The van der Waals surface area contributed by atoms with Crippen LogP contribution in [0.5, 0.6) is 0 Å². The maximum Gasteiger partial charge on any atom is 0.235 e. The normalized spacial score (nSPS) is 17.4. The van der Waals surface area contributed by atoms with Crippen molar-refractivity contribution in [1.29, 1.82) is 0 Å². The lowest BCUT2D eigenvalue weighted by Crippen LogP contribution is -2.35. The average molecular weight is 155 g/mol. The van der Waals surface area contributed by atoms with Gasteiger partial charge >= 0.3 is 0 Å². The molecule has 0 aromatic rings. The molecule has 0 spiro atoms. The maximum atomic E-state index is 5.18. The minimum Gasteiger partial charge on any atom is -0.477 e. The molecule has 1 heterocycles. The molecule has 3 nitrogen and oxygen atoms in total. The standard InChI is InChI=1S/C8H13NO2/c1-3-8(10-2)9-4-6-11-7-5-9/h1,4-7H2,2H3. The second kappa shape index (κ2) is 4.06. The minimum atomic E-state index is 0.716. The summed E-state index contributed by atoms with van der Waals surface area (Å²) in [6, 6.07) is 0. The Balaban J connectivity index is 2.50. The van der Waals surface area contributed by atoms with Crippen LogP contribution in [0.4, 0.5) is 0 Å². The summed E-state index contributed by atoms with van der Waals surface area (Å²) >= 11 is 0. The van der Waals surface area contributed by atoms with Gasteiger partial charge in [0.25, 0.3) is 0 Å². The molecular weight excluding hydrogens is 142 g/mol. The maximum absolute atomic E-state index is 5.18. The number of hydrogen-bond donors (Lipinski definition) is 0. The highest BCUT2D eigenvalue weighted by molar-refractivity contribution is 4.89. The Bertz CT molecular complexity index is 167. The van der Waals surface area contributed by atoms with Crippen molar-refractivity contribution in [3.05, 3.63) is 18.2 Å². The van der Waals surface area contributed by atoms with Crippen molar-refractivity contribution in [2.75, 3.05) is 33.4 Å². The van der Waals surface area contributed by atoms with Crippen LogP contribution in [0.25, 0.3) is 0 Å². The number of hydrogen-bond acceptors (Lipinski definition) is 3. The van der Waals surface area contributed by atoms with Crippen LogP contribution in [0.3, 0.4) is 0 Å². The van der Waals surface area contributed by atoms with Gasteiger partial charge in [-0.3, -0.25) is 0 Å². The van der Waals surface area contributed by atoms with Crippen LogP contribution < -0.4 is 0 Å². The second-order valence-electron chi connectivity index (χ2n) is 2.29. The minimum absolute atomic E-state index is 0.716. The highest BCUT2D eigenvalue weighted by Crippen LogP contribution is 2.05. The zero-order valence-corrected chi connectivity index (χ0v) is 6.80. The van der Waals surface area contributed by atoms with Gasteiger partial charge in [0.05, 0.1) is 20.3 Å². The summed E-state index contributed by atoms with van der Waals surface area (Å²) in [5.74, 6) is 0.716. The lowest BCUT2D eigenvalue weighted by molar-refractivity contribution is 0.0238. The monoisotopic (exact) mass is 155 g/mol. The summed E-state index contributed by atoms with van der Waals surface area (Å²) in [5.41, 5.74) is 2.74. The molecule has 1 fully saturated rings. The fraction of sp³-hybridized carbons (Fsp3) is 0.625. The predicted octanol–water partition coefficient (Wildman–Crippen LogP) is 0.591. The lowest BCUT2D eigenvalue weighted by Gasteiger charge is -2.28. The Morgan fingerprint density at radius 2 is 2.18 bits per heavy atom. The first kappa shape index (κ1) is 8.18. The molecule has 0 radical (unpaired) electrons. The fourth-order valence-corrected chi connectivity index (χ4v) is 1.08. The molecule has 0 N–H and O–H groups in total. The lowest BCUT2D eigenvalue weighted by atomic mass is 10.4. The summed E-state index contributed by atoms with van der Waals surface area (Å²) in [4.78, 5) is 2.07. The molecule has 0 aromatic heterocycles. The average Bonchev–Trinajstić information content (AvgIpc) is 2.09. The topological polar surface area (TPSA) is 21.7 Å². The largest absolute Gasteiger partial charge is 0.477 e. The molecule has 1 aliphatic heterocycles. The molecule has 0 aliphatic carbocycles. The number of ether oxygens (including phenoxy) is 2. The van der Waals surface area contributed by atoms with Crippen molar-refractivity contribution < 1.29 is 9.47 Å². The van der Waals surface area contributed by atoms with E-state index in [0.717, 1.165) is 26.3 Å². The molecule has 0 amide bonds. The molecule has 0 unspecified atom stereocenters. The van der Waals surface area contributed by atoms with E-state index in [1.54, 1.807) is 7.11 Å². The highest BCUT2D eigenvalue weighted by atomic mass is 16.5. The molecule has 0 bridgehead atoms. The molecule has 0 saturated carbocycles. The van der Waals surface area contributed by atoms with Crippen molar-refractivity contribution >= 4 is 0 Å². The van der Waals surface area contributed by atoms with Gasteiger partial charge < -0.3 is 14.4 Å². The Kier molecular flexibility index (Phi) is 3.02. The van der Waals surface area contributed by atoms with Gasteiger partial charge in [0.2, 0.25) is 5.88 Å². The first-order chi connectivity index (χ1) is 5.38. The summed E-state index contributed by atoms with van der Waals surface area (Å²) in [5, 5.41) is 0. The van der Waals surface area contributed by atoms with Gasteiger partial charge in [-0.05, 0) is 0 Å². The van der Waals surface area contributed by atoms with Crippen molar-refractivity contribution in [3.63, 3.8) is 0 Å². The van der Waals surface area contributed by atoms with E-state index in [9.17, 15) is 0 Å². The van der Waals surface area contributed by atoms with Gasteiger partial charge in [0.15, 0.2) is 0 Å². The number of nitrogens with zero attached hydrogens (tertiary/aromatic N) is 1. The zero-order valence-electron chi connectivity index (χ0n) is 6.80. The van der Waals surface area contributed by atoms with Crippen LogP contribution in [0.1, 0.15) is 0 Å². The molecule has 0 atom stereocenters. The van der Waals surface area contributed by atoms with Gasteiger partial charge in [0.1, 0.15) is 0 Å². The summed E-state index contributed by atoms with van der Waals surface area (Å²) in [7, 11) is 1.63. The number of methoxy groups -OCH3 is 1. The first-order valence-corrected chi connectivity index (χ1v) is 3.65. The molecule has 3 heteroatoms. The molecule has 1 rings (SSSR count). The highest BCUT2D eigenvalue weighted by Gasteiger charge is 2.12. The Hall–Kier alpha value is -0.920. The van der Waals surface area contributed by atoms with Crippen molar-refractivity contribution in [2.45, 2.75) is 0 Å². The van der Waals surface area contributed by atoms with Crippen LogP contribution in [0.2, 0.25) is 0 Å². The quantitative estimate of drug-likeness (QED) is 0.430. The molecule has 1 aliphatic rings. The Labute approximate surface area is 66.9 Å². The third-order valence-corrected chi connectivity index (χ3v) is 1.64. The van der Waals surface area contributed by atoms with Gasteiger partial charge in [-0.2, -0.15) is 0 Å². The molecule has 1 saturated heterocycles. The van der Waals surface area contributed by atoms with Crippen molar-refractivity contribution in [3.8, 4) is 0 Å². The van der Waals surface area contributed by atoms with Crippen molar-refractivity contribution in [1.82, 2.24) is 4.90 Å². The van der Waals surface area contributed by atoms with E-state index in [2.05, 4.69) is 17.2 Å². The van der Waals surface area contributed by atoms with Crippen LogP contribution in [-0.2, 0) is 9.47 Å². The van der Waals surface area contributed by atoms with Crippen LogP contribution in [0, 0.1) is 0 Å². The van der Waals surface area contributed by atoms with E-state index >= 15 is 0 Å². The second-order valence-corrected chi connectivity index (χ2v) is 2.29. The van der Waals surface area contributed by atoms with E-state index in [-0.39, 0.29) is 0 Å². The smallest absolute Gasteiger partial charge is 0.235 e. The van der Waals surface area contributed by atoms with Gasteiger partial charge in [0, 0.05) is 13.1 Å². The number of rotatable bonds is 2. The van der Waals surface area contributed by atoms with E-state index in [0.29, 0.717) is 5.88 Å². The SMILES string of the molecule is C=C=C(OC)N1CCOCC1. The van der Waals surface area contributed by atoms with Gasteiger partial charge in [-0.1, -0.05) is 12.3 Å². The number of morpholine rings is 1. The predicted molar refractivity (Wildman–Crippen MR) is 42.1 cm³/mol. The molecule has 0 aromatic carbocycles. The van der Waals surface area contributed by atoms with E-state index in [1.807, 2.05) is 0 Å². The van der Waals surface area contributed by atoms with E-state index in [1.165, 1.54) is 0 Å². The van der Waals surface area contributed by atoms with Crippen LogP contribution in [-0.4, -0.2) is 38.3 Å². The molecule has 62 valence electrons. The van der Waals surface area contributed by atoms with Crippen LogP contribution in [0.15, 0.2) is 18.2 Å². The van der Waals surface area contributed by atoms with Crippen molar-refractivity contribution in [2.24, 2.45) is 0 Å². The third-order valence-electron chi connectivity index (χ3n) is 1.64. The molecular formula is C8H13NO2. The third kappa shape index (κ3) is 2.00. The summed E-state index contributed by atoms with van der Waals surface area (Å²) in [6.45, 7) is 6.79. The fourth-order valence-electron chi connectivity index (χ4n) is 1.08. The van der Waals surface area contributed by atoms with E-state index in [4.69, 9.17) is 9.47 Å². The molecule has 11 heavy (non-hydrogen) atoms. The van der Waals surface area contributed by atoms with Gasteiger partial charge in [-0.15, -0.1) is 0 Å². The first-order valence-electron chi connectivity index (χ1n) is 3.65. The summed E-state index contributed by atoms with van der Waals surface area (Å²) < 4.78 is 10.2. The van der Waals surface area contributed by atoms with Crippen LogP contribution >= 0.6 is 0 Å². The summed E-state index contributed by atoms with van der Waals surface area (Å²) in [6.07, 6.45) is 0.